The Morgan fingerprint density at radius 2 is 1.82 bits per heavy atom. The van der Waals surface area contributed by atoms with Crippen LogP contribution in [-0.4, -0.2) is 28.8 Å². The molecular formula is C20H19Cl2IN4S. The number of nitrogens with zero attached hydrogens (tertiary/aromatic N) is 3. The first-order valence-corrected chi connectivity index (χ1v) is 11.4. The normalized spacial score (nSPS) is 19.8. The molecule has 0 saturated carbocycles. The minimum atomic E-state index is 0.0315. The van der Waals surface area contributed by atoms with Crippen LogP contribution in [0.2, 0.25) is 10.0 Å². The van der Waals surface area contributed by atoms with Gasteiger partial charge in [0.25, 0.3) is 0 Å². The summed E-state index contributed by atoms with van der Waals surface area (Å²) in [6, 6.07) is 14.0. The fourth-order valence-corrected chi connectivity index (χ4v) is 4.63. The zero-order valence-corrected chi connectivity index (χ0v) is 19.5. The molecule has 4 rings (SSSR count). The Balaban J connectivity index is 1.65. The van der Waals surface area contributed by atoms with E-state index in [2.05, 4.69) is 57.3 Å². The summed E-state index contributed by atoms with van der Waals surface area (Å²) in [5.74, 6) is 0. The van der Waals surface area contributed by atoms with Gasteiger partial charge >= 0.3 is 0 Å². The highest BCUT2D eigenvalue weighted by Gasteiger charge is 2.32. The van der Waals surface area contributed by atoms with Crippen LogP contribution in [0.15, 0.2) is 47.6 Å². The zero-order chi connectivity index (χ0) is 19.7. The minimum Gasteiger partial charge on any atom is -0.308 e. The van der Waals surface area contributed by atoms with Crippen molar-refractivity contribution in [3.8, 4) is 0 Å². The molecule has 2 heterocycles. The molecule has 2 aliphatic rings. The Hall–Kier alpha value is -0.930. The zero-order valence-electron chi connectivity index (χ0n) is 15.0. The van der Waals surface area contributed by atoms with E-state index in [-0.39, 0.29) is 6.04 Å². The molecule has 0 bridgehead atoms. The molecule has 0 spiro atoms. The van der Waals surface area contributed by atoms with Crippen LogP contribution in [-0.2, 0) is 0 Å². The minimum absolute atomic E-state index is 0.0315. The lowest BCUT2D eigenvalue weighted by molar-refractivity contribution is 0.299. The van der Waals surface area contributed by atoms with Crippen LogP contribution in [0.3, 0.4) is 0 Å². The summed E-state index contributed by atoms with van der Waals surface area (Å²) >= 11 is 20.6. The van der Waals surface area contributed by atoms with E-state index in [1.807, 2.05) is 17.1 Å². The van der Waals surface area contributed by atoms with Gasteiger partial charge in [-0.3, -0.25) is 5.01 Å². The summed E-state index contributed by atoms with van der Waals surface area (Å²) in [6.07, 6.45) is 3.11. The topological polar surface area (TPSA) is 30.9 Å². The van der Waals surface area contributed by atoms with Gasteiger partial charge in [-0.2, -0.15) is 5.10 Å². The van der Waals surface area contributed by atoms with E-state index in [0.29, 0.717) is 15.0 Å². The number of rotatable bonds is 4. The van der Waals surface area contributed by atoms with Crippen molar-refractivity contribution >= 4 is 74.4 Å². The number of halogens is 3. The lowest BCUT2D eigenvalue weighted by atomic mass is 10.0. The van der Waals surface area contributed by atoms with Crippen molar-refractivity contribution < 1.29 is 0 Å². The van der Waals surface area contributed by atoms with Gasteiger partial charge in [-0.25, -0.2) is 5.01 Å². The molecule has 28 heavy (non-hydrogen) atoms. The summed E-state index contributed by atoms with van der Waals surface area (Å²) in [5, 5.41) is 10.2. The summed E-state index contributed by atoms with van der Waals surface area (Å²) in [7, 11) is 0. The average molecular weight is 545 g/mol. The molecule has 0 amide bonds. The molecule has 1 fully saturated rings. The quantitative estimate of drug-likeness (QED) is 0.387. The Morgan fingerprint density at radius 3 is 2.50 bits per heavy atom. The van der Waals surface area contributed by atoms with Gasteiger partial charge in [0.1, 0.15) is 4.99 Å². The summed E-state index contributed by atoms with van der Waals surface area (Å²) in [5.41, 5.74) is 6.22. The fourth-order valence-electron chi connectivity index (χ4n) is 3.52. The maximum absolute atomic E-state index is 6.50. The second-order valence-electron chi connectivity index (χ2n) is 6.89. The van der Waals surface area contributed by atoms with Crippen molar-refractivity contribution in [3.63, 3.8) is 0 Å². The van der Waals surface area contributed by atoms with Crippen LogP contribution < -0.4 is 10.4 Å². The van der Waals surface area contributed by atoms with E-state index in [1.165, 1.54) is 22.0 Å². The van der Waals surface area contributed by atoms with Crippen LogP contribution in [0.1, 0.15) is 30.9 Å². The number of hydrogen-bond donors (Lipinski definition) is 1. The molecular weight excluding hydrogens is 526 g/mol. The van der Waals surface area contributed by atoms with Crippen LogP contribution in [0.4, 0.5) is 5.69 Å². The molecule has 4 nitrogen and oxygen atoms in total. The predicted molar refractivity (Wildman–Crippen MR) is 129 cm³/mol. The number of anilines is 1. The first kappa shape index (κ1) is 20.3. The largest absolute Gasteiger partial charge is 0.308 e. The first-order chi connectivity index (χ1) is 13.5. The van der Waals surface area contributed by atoms with Gasteiger partial charge in [0.2, 0.25) is 0 Å². The Kier molecular flexibility index (Phi) is 6.42. The highest BCUT2D eigenvalue weighted by molar-refractivity contribution is 14.1. The van der Waals surface area contributed by atoms with Gasteiger partial charge in [-0.05, 0) is 71.3 Å². The molecule has 1 N–H and O–H groups in total. The highest BCUT2D eigenvalue weighted by atomic mass is 127. The maximum Gasteiger partial charge on any atom is 0.137 e. The SMILES string of the molecule is S=C(NN1CCCC1)C1=NN(c2ccc(Cl)cc2Cl)C(c2ccc(I)cc2)C1. The van der Waals surface area contributed by atoms with Crippen LogP contribution >= 0.6 is 58.0 Å². The number of hydrazine groups is 1. The van der Waals surface area contributed by atoms with Crippen molar-refractivity contribution in [2.45, 2.75) is 25.3 Å². The monoisotopic (exact) mass is 544 g/mol. The summed E-state index contributed by atoms with van der Waals surface area (Å²) in [4.78, 5) is 0.685. The fraction of sp³-hybridized carbons (Fsp3) is 0.300. The molecule has 0 radical (unpaired) electrons. The molecule has 2 aliphatic heterocycles. The van der Waals surface area contributed by atoms with Gasteiger partial charge in [-0.15, -0.1) is 0 Å². The van der Waals surface area contributed by atoms with E-state index in [9.17, 15) is 0 Å². The number of nitrogens with one attached hydrogen (secondary N) is 1. The predicted octanol–water partition coefficient (Wildman–Crippen LogP) is 5.83. The number of benzene rings is 2. The van der Waals surface area contributed by atoms with Gasteiger partial charge < -0.3 is 5.43 Å². The van der Waals surface area contributed by atoms with Crippen molar-refractivity contribution in [2.75, 3.05) is 18.1 Å². The molecule has 8 heteroatoms. The molecule has 146 valence electrons. The maximum atomic E-state index is 6.50. The molecule has 1 saturated heterocycles. The molecule has 1 atom stereocenters. The van der Waals surface area contributed by atoms with Gasteiger partial charge in [0.15, 0.2) is 0 Å². The van der Waals surface area contributed by atoms with Crippen LogP contribution in [0.5, 0.6) is 0 Å². The van der Waals surface area contributed by atoms with Crippen LogP contribution in [0, 0.1) is 3.57 Å². The van der Waals surface area contributed by atoms with Crippen LogP contribution in [0.25, 0.3) is 0 Å². The average Bonchev–Trinajstić information content (AvgIpc) is 3.32. The van der Waals surface area contributed by atoms with Crippen molar-refractivity contribution in [1.82, 2.24) is 10.4 Å². The lowest BCUT2D eigenvalue weighted by Crippen LogP contribution is -2.42. The van der Waals surface area contributed by atoms with Gasteiger partial charge in [0, 0.05) is 28.1 Å². The van der Waals surface area contributed by atoms with Crippen molar-refractivity contribution in [3.05, 3.63) is 61.6 Å². The Morgan fingerprint density at radius 1 is 1.11 bits per heavy atom. The lowest BCUT2D eigenvalue weighted by Gasteiger charge is -2.25. The van der Waals surface area contributed by atoms with E-state index in [0.717, 1.165) is 30.9 Å². The number of hydrazone groups is 1. The van der Waals surface area contributed by atoms with Crippen molar-refractivity contribution in [1.29, 1.82) is 0 Å². The van der Waals surface area contributed by atoms with E-state index in [1.54, 1.807) is 6.07 Å². The van der Waals surface area contributed by atoms with Gasteiger partial charge in [0.05, 0.1) is 22.5 Å². The van der Waals surface area contributed by atoms with E-state index < -0.39 is 0 Å². The molecule has 2 aromatic carbocycles. The Labute approximate surface area is 194 Å². The van der Waals surface area contributed by atoms with Crippen molar-refractivity contribution in [2.24, 2.45) is 5.10 Å². The van der Waals surface area contributed by atoms with E-state index in [4.69, 9.17) is 40.5 Å². The molecule has 2 aromatic rings. The van der Waals surface area contributed by atoms with E-state index >= 15 is 0 Å². The first-order valence-electron chi connectivity index (χ1n) is 9.14. The number of hydrogen-bond acceptors (Lipinski definition) is 4. The molecule has 0 aliphatic carbocycles. The Bertz CT molecular complexity index is 913. The smallest absolute Gasteiger partial charge is 0.137 e. The number of thiocarbonyl (C=S) groups is 1. The second-order valence-corrected chi connectivity index (χ2v) is 9.39. The standard InChI is InChI=1S/C20H19Cl2IN4S/c21-14-5-8-18(16(22)11-14)27-19(13-3-6-15(23)7-4-13)12-17(24-27)20(28)25-26-9-1-2-10-26/h3-8,11,19H,1-2,9-10,12H2,(H,25,28). The third kappa shape index (κ3) is 4.46. The third-order valence-electron chi connectivity index (χ3n) is 4.95. The third-order valence-corrected chi connectivity index (χ3v) is 6.53. The second kappa shape index (κ2) is 8.83. The molecule has 0 aromatic heterocycles. The summed E-state index contributed by atoms with van der Waals surface area (Å²) in [6.45, 7) is 2.03. The highest BCUT2D eigenvalue weighted by Crippen LogP contribution is 2.39. The van der Waals surface area contributed by atoms with Gasteiger partial charge in [-0.1, -0.05) is 47.6 Å². The summed E-state index contributed by atoms with van der Waals surface area (Å²) < 4.78 is 1.20. The molecule has 1 unspecified atom stereocenters.